The molecule has 0 saturated heterocycles. The molecule has 0 radical (unpaired) electrons. The van der Waals surface area contributed by atoms with Crippen molar-refractivity contribution in [2.24, 2.45) is 0 Å². The lowest BCUT2D eigenvalue weighted by atomic mass is 10.6. The molecule has 0 nitrogen and oxygen atoms in total. The molecular formula is C5H8S. The fourth-order valence-electron chi connectivity index (χ4n) is 0.134. The Kier molecular flexibility index (Phi) is 4.69. The van der Waals surface area contributed by atoms with Crippen LogP contribution in [0.3, 0.4) is 0 Å². The molecule has 0 aliphatic rings. The van der Waals surface area contributed by atoms with E-state index in [4.69, 9.17) is 0 Å². The summed E-state index contributed by atoms with van der Waals surface area (Å²) in [5.41, 5.74) is 0. The summed E-state index contributed by atoms with van der Waals surface area (Å²) in [6.45, 7) is 3.50. The first kappa shape index (κ1) is 5.83. The molecule has 0 aliphatic carbocycles. The summed E-state index contributed by atoms with van der Waals surface area (Å²) in [6, 6.07) is 0. The molecule has 0 bridgehead atoms. The van der Waals surface area contributed by atoms with Gasteiger partial charge in [-0.1, -0.05) is 18.7 Å². The van der Waals surface area contributed by atoms with Crippen molar-refractivity contribution in [1.29, 1.82) is 0 Å². The standard InChI is InChI=1S/C5H8S/c1-3-4-5-6-2/h3-5H,1H2,2H3/b5-4+. The Bertz CT molecular complexity index is 55.0. The minimum absolute atomic E-state index is 1.67. The van der Waals surface area contributed by atoms with Gasteiger partial charge in [-0.15, -0.1) is 11.8 Å². The minimum Gasteiger partial charge on any atom is -0.138 e. The molecule has 0 N–H and O–H groups in total. The van der Waals surface area contributed by atoms with Crippen molar-refractivity contribution in [2.75, 3.05) is 6.26 Å². The molecule has 0 fully saturated rings. The van der Waals surface area contributed by atoms with Gasteiger partial charge in [-0.25, -0.2) is 0 Å². The lowest BCUT2D eigenvalue weighted by Gasteiger charge is -1.68. The third-order valence-corrected chi connectivity index (χ3v) is 0.780. The molecule has 0 atom stereocenters. The molecule has 0 aromatic heterocycles. The second-order valence-electron chi connectivity index (χ2n) is 0.800. The van der Waals surface area contributed by atoms with Gasteiger partial charge in [0.1, 0.15) is 0 Å². The smallest absolute Gasteiger partial charge is 0.0142 e. The second-order valence-corrected chi connectivity index (χ2v) is 1.54. The van der Waals surface area contributed by atoms with Crippen molar-refractivity contribution in [3.8, 4) is 0 Å². The van der Waals surface area contributed by atoms with E-state index in [2.05, 4.69) is 6.58 Å². The third kappa shape index (κ3) is 3.83. The highest BCUT2D eigenvalue weighted by molar-refractivity contribution is 8.01. The van der Waals surface area contributed by atoms with Crippen LogP contribution in [0.2, 0.25) is 0 Å². The van der Waals surface area contributed by atoms with Gasteiger partial charge in [-0.3, -0.25) is 0 Å². The molecule has 0 rings (SSSR count). The van der Waals surface area contributed by atoms with Crippen LogP contribution in [-0.4, -0.2) is 6.26 Å². The predicted molar refractivity (Wildman–Crippen MR) is 32.9 cm³/mol. The second kappa shape index (κ2) is 4.83. The first-order chi connectivity index (χ1) is 2.91. The maximum atomic E-state index is 3.50. The first-order valence-electron chi connectivity index (χ1n) is 1.72. The molecule has 0 saturated carbocycles. The van der Waals surface area contributed by atoms with Crippen LogP contribution in [0.5, 0.6) is 0 Å². The normalized spacial score (nSPS) is 9.50. The number of thioether (sulfide) groups is 1. The highest BCUT2D eigenvalue weighted by Crippen LogP contribution is 1.91. The Morgan fingerprint density at radius 3 is 2.50 bits per heavy atom. The topological polar surface area (TPSA) is 0 Å². The van der Waals surface area contributed by atoms with Crippen LogP contribution in [0.15, 0.2) is 24.1 Å². The van der Waals surface area contributed by atoms with Gasteiger partial charge in [0.05, 0.1) is 0 Å². The maximum Gasteiger partial charge on any atom is -0.0142 e. The number of hydrogen-bond donors (Lipinski definition) is 0. The molecule has 6 heavy (non-hydrogen) atoms. The van der Waals surface area contributed by atoms with Crippen LogP contribution in [-0.2, 0) is 0 Å². The average molecular weight is 100 g/mol. The molecule has 0 aromatic rings. The summed E-state index contributed by atoms with van der Waals surface area (Å²) in [5, 5.41) is 1.98. The molecule has 0 aromatic carbocycles. The monoisotopic (exact) mass is 100 g/mol. The van der Waals surface area contributed by atoms with E-state index >= 15 is 0 Å². The van der Waals surface area contributed by atoms with E-state index < -0.39 is 0 Å². The van der Waals surface area contributed by atoms with Crippen molar-refractivity contribution >= 4 is 11.8 Å². The van der Waals surface area contributed by atoms with Crippen molar-refractivity contribution < 1.29 is 0 Å². The van der Waals surface area contributed by atoms with Gasteiger partial charge >= 0.3 is 0 Å². The van der Waals surface area contributed by atoms with Gasteiger partial charge in [0.25, 0.3) is 0 Å². The van der Waals surface area contributed by atoms with E-state index in [0.29, 0.717) is 0 Å². The van der Waals surface area contributed by atoms with Gasteiger partial charge in [-0.05, 0) is 11.7 Å². The molecule has 0 aliphatic heterocycles. The summed E-state index contributed by atoms with van der Waals surface area (Å²) in [6.07, 6.45) is 5.68. The van der Waals surface area contributed by atoms with Gasteiger partial charge in [0, 0.05) is 0 Å². The molecule has 34 valence electrons. The molecule has 0 unspecified atom stereocenters. The lowest BCUT2D eigenvalue weighted by molar-refractivity contribution is 2.12. The SMILES string of the molecule is C=C/C=C/SC. The molecular weight excluding hydrogens is 92.1 g/mol. The van der Waals surface area contributed by atoms with Crippen LogP contribution >= 0.6 is 11.8 Å². The summed E-state index contributed by atoms with van der Waals surface area (Å²) in [5.74, 6) is 0. The zero-order chi connectivity index (χ0) is 4.83. The Labute approximate surface area is 42.9 Å². The van der Waals surface area contributed by atoms with E-state index in [1.165, 1.54) is 0 Å². The van der Waals surface area contributed by atoms with Gasteiger partial charge in [-0.2, -0.15) is 0 Å². The maximum absolute atomic E-state index is 3.50. The van der Waals surface area contributed by atoms with Crippen LogP contribution in [0.4, 0.5) is 0 Å². The highest BCUT2D eigenvalue weighted by Gasteiger charge is 1.54. The molecule has 1 heteroatoms. The Balaban J connectivity index is 2.94. The number of hydrogen-bond acceptors (Lipinski definition) is 1. The highest BCUT2D eigenvalue weighted by atomic mass is 32.2. The van der Waals surface area contributed by atoms with Crippen LogP contribution < -0.4 is 0 Å². The zero-order valence-electron chi connectivity index (χ0n) is 3.85. The fraction of sp³-hybridized carbons (Fsp3) is 0.200. The third-order valence-electron chi connectivity index (χ3n) is 0.351. The van der Waals surface area contributed by atoms with E-state index in [9.17, 15) is 0 Å². The zero-order valence-corrected chi connectivity index (χ0v) is 4.66. The molecule has 0 spiro atoms. The molecule has 0 heterocycles. The van der Waals surface area contributed by atoms with Gasteiger partial charge < -0.3 is 0 Å². The Morgan fingerprint density at radius 1 is 1.67 bits per heavy atom. The van der Waals surface area contributed by atoms with E-state index in [-0.39, 0.29) is 0 Å². The number of rotatable bonds is 2. The van der Waals surface area contributed by atoms with Gasteiger partial charge in [0.15, 0.2) is 0 Å². The predicted octanol–water partition coefficient (Wildman–Crippen LogP) is 2.05. The first-order valence-corrected chi connectivity index (χ1v) is 3.01. The molecule has 0 amide bonds. The lowest BCUT2D eigenvalue weighted by Crippen LogP contribution is -1.38. The summed E-state index contributed by atoms with van der Waals surface area (Å²) < 4.78 is 0. The van der Waals surface area contributed by atoms with E-state index in [1.807, 2.05) is 17.7 Å². The van der Waals surface area contributed by atoms with Crippen molar-refractivity contribution in [1.82, 2.24) is 0 Å². The summed E-state index contributed by atoms with van der Waals surface area (Å²) >= 11 is 1.67. The van der Waals surface area contributed by atoms with Crippen LogP contribution in [0.25, 0.3) is 0 Å². The Hall–Kier alpha value is -0.170. The van der Waals surface area contributed by atoms with E-state index in [1.54, 1.807) is 17.8 Å². The van der Waals surface area contributed by atoms with Gasteiger partial charge in [0.2, 0.25) is 0 Å². The van der Waals surface area contributed by atoms with E-state index in [0.717, 1.165) is 0 Å². The van der Waals surface area contributed by atoms with Crippen molar-refractivity contribution in [2.45, 2.75) is 0 Å². The van der Waals surface area contributed by atoms with Crippen molar-refractivity contribution in [3.63, 3.8) is 0 Å². The van der Waals surface area contributed by atoms with Crippen molar-refractivity contribution in [3.05, 3.63) is 24.1 Å². The van der Waals surface area contributed by atoms with Crippen LogP contribution in [0, 0.1) is 0 Å². The average Bonchev–Trinajstić information content (AvgIpc) is 1.61. The minimum atomic E-state index is 1.67. The fourth-order valence-corrected chi connectivity index (χ4v) is 0.402. The Morgan fingerprint density at radius 2 is 2.33 bits per heavy atom. The van der Waals surface area contributed by atoms with Crippen LogP contribution in [0.1, 0.15) is 0 Å². The summed E-state index contributed by atoms with van der Waals surface area (Å²) in [4.78, 5) is 0. The number of allylic oxidation sites excluding steroid dienone is 2. The summed E-state index contributed by atoms with van der Waals surface area (Å²) in [7, 11) is 0. The largest absolute Gasteiger partial charge is 0.138 e. The quantitative estimate of drug-likeness (QED) is 0.478.